The van der Waals surface area contributed by atoms with Crippen LogP contribution in [-0.2, 0) is 6.54 Å². The molecule has 0 aliphatic heterocycles. The van der Waals surface area contributed by atoms with Gasteiger partial charge in [0.15, 0.2) is 0 Å². The van der Waals surface area contributed by atoms with E-state index in [0.717, 1.165) is 16.8 Å². The Morgan fingerprint density at radius 3 is 2.61 bits per heavy atom. The Hall–Kier alpha value is -0.540. The van der Waals surface area contributed by atoms with Gasteiger partial charge in [-0.25, -0.2) is 0 Å². The van der Waals surface area contributed by atoms with Crippen LogP contribution < -0.4 is 10.1 Å². The van der Waals surface area contributed by atoms with Crippen molar-refractivity contribution in [2.45, 2.75) is 51.1 Å². The number of halogens is 1. The molecule has 1 aliphatic carbocycles. The molecule has 1 N–H and O–H groups in total. The van der Waals surface area contributed by atoms with Gasteiger partial charge in [-0.2, -0.15) is 0 Å². The second-order valence-corrected chi connectivity index (χ2v) is 5.94. The van der Waals surface area contributed by atoms with E-state index in [9.17, 15) is 0 Å². The fourth-order valence-corrected chi connectivity index (χ4v) is 2.94. The average molecular weight is 312 g/mol. The highest BCUT2D eigenvalue weighted by molar-refractivity contribution is 9.10. The van der Waals surface area contributed by atoms with E-state index in [0.29, 0.717) is 6.04 Å². The van der Waals surface area contributed by atoms with Gasteiger partial charge in [0.05, 0.1) is 7.11 Å². The summed E-state index contributed by atoms with van der Waals surface area (Å²) in [5.74, 6) is 0.963. The Balaban J connectivity index is 1.92. The molecule has 1 aromatic rings. The van der Waals surface area contributed by atoms with Gasteiger partial charge < -0.3 is 10.1 Å². The molecule has 1 fully saturated rings. The average Bonchev–Trinajstić information content (AvgIpc) is 2.65. The first-order valence-electron chi connectivity index (χ1n) is 6.85. The van der Waals surface area contributed by atoms with Crippen LogP contribution in [0.4, 0.5) is 0 Å². The zero-order valence-electron chi connectivity index (χ0n) is 11.0. The molecule has 0 atom stereocenters. The molecular formula is C15H22BrNO. The van der Waals surface area contributed by atoms with E-state index in [-0.39, 0.29) is 0 Å². The van der Waals surface area contributed by atoms with E-state index in [1.54, 1.807) is 7.11 Å². The van der Waals surface area contributed by atoms with Crippen LogP contribution in [0.1, 0.15) is 44.1 Å². The fourth-order valence-electron chi connectivity index (χ4n) is 2.60. The van der Waals surface area contributed by atoms with Gasteiger partial charge in [-0.15, -0.1) is 0 Å². The Kier molecular flexibility index (Phi) is 5.51. The molecule has 2 nitrogen and oxygen atoms in total. The summed E-state index contributed by atoms with van der Waals surface area (Å²) in [6.07, 6.45) is 8.18. The van der Waals surface area contributed by atoms with Gasteiger partial charge in [0.1, 0.15) is 5.75 Å². The highest BCUT2D eigenvalue weighted by Gasteiger charge is 2.12. The van der Waals surface area contributed by atoms with Crippen LogP contribution >= 0.6 is 15.9 Å². The van der Waals surface area contributed by atoms with Crippen molar-refractivity contribution in [1.29, 1.82) is 0 Å². The molecule has 3 heteroatoms. The van der Waals surface area contributed by atoms with E-state index in [1.165, 1.54) is 44.1 Å². The predicted molar refractivity (Wildman–Crippen MR) is 79.0 cm³/mol. The summed E-state index contributed by atoms with van der Waals surface area (Å²) < 4.78 is 6.49. The van der Waals surface area contributed by atoms with Crippen LogP contribution in [0.5, 0.6) is 5.75 Å². The molecule has 1 aliphatic rings. The van der Waals surface area contributed by atoms with Crippen molar-refractivity contribution in [3.8, 4) is 5.75 Å². The maximum Gasteiger partial charge on any atom is 0.124 e. The number of ether oxygens (including phenoxy) is 1. The molecule has 0 bridgehead atoms. The third kappa shape index (κ3) is 3.99. The lowest BCUT2D eigenvalue weighted by atomic mass is 10.1. The van der Waals surface area contributed by atoms with Gasteiger partial charge in [-0.3, -0.25) is 0 Å². The largest absolute Gasteiger partial charge is 0.496 e. The van der Waals surface area contributed by atoms with Crippen molar-refractivity contribution in [2.24, 2.45) is 0 Å². The third-order valence-electron chi connectivity index (χ3n) is 3.69. The first-order chi connectivity index (χ1) is 8.79. The molecule has 0 heterocycles. The minimum Gasteiger partial charge on any atom is -0.496 e. The van der Waals surface area contributed by atoms with Crippen LogP contribution in [0.3, 0.4) is 0 Å². The molecule has 1 aromatic carbocycles. The molecule has 0 amide bonds. The number of nitrogens with one attached hydrogen (secondary N) is 1. The molecule has 2 rings (SSSR count). The summed E-state index contributed by atoms with van der Waals surface area (Å²) in [4.78, 5) is 0. The minimum atomic E-state index is 0.681. The van der Waals surface area contributed by atoms with Crippen LogP contribution in [0.15, 0.2) is 22.7 Å². The van der Waals surface area contributed by atoms with Crippen molar-refractivity contribution >= 4 is 15.9 Å². The fraction of sp³-hybridized carbons (Fsp3) is 0.600. The van der Waals surface area contributed by atoms with E-state index in [4.69, 9.17) is 4.74 Å². The van der Waals surface area contributed by atoms with Gasteiger partial charge in [0.2, 0.25) is 0 Å². The lowest BCUT2D eigenvalue weighted by molar-refractivity contribution is 0.401. The molecule has 0 aromatic heterocycles. The normalized spacial score (nSPS) is 17.4. The molecular weight excluding hydrogens is 290 g/mol. The zero-order chi connectivity index (χ0) is 12.8. The maximum atomic E-state index is 5.42. The molecule has 100 valence electrons. The summed E-state index contributed by atoms with van der Waals surface area (Å²) in [6.45, 7) is 0.904. The monoisotopic (exact) mass is 311 g/mol. The molecule has 0 saturated heterocycles. The smallest absolute Gasteiger partial charge is 0.124 e. The zero-order valence-corrected chi connectivity index (χ0v) is 12.6. The SMILES string of the molecule is COc1cc(Br)ccc1CNC1CCCCCC1. The second kappa shape index (κ2) is 7.15. The summed E-state index contributed by atoms with van der Waals surface area (Å²) in [6, 6.07) is 6.92. The summed E-state index contributed by atoms with van der Waals surface area (Å²) in [5.41, 5.74) is 1.24. The van der Waals surface area contributed by atoms with Crippen molar-refractivity contribution in [1.82, 2.24) is 5.32 Å². The van der Waals surface area contributed by atoms with Gasteiger partial charge in [0.25, 0.3) is 0 Å². The Bertz CT molecular complexity index is 373. The van der Waals surface area contributed by atoms with Crippen LogP contribution in [0.25, 0.3) is 0 Å². The van der Waals surface area contributed by atoms with Crippen molar-refractivity contribution in [3.63, 3.8) is 0 Å². The van der Waals surface area contributed by atoms with Crippen LogP contribution in [-0.4, -0.2) is 13.2 Å². The summed E-state index contributed by atoms with van der Waals surface area (Å²) in [7, 11) is 1.73. The highest BCUT2D eigenvalue weighted by atomic mass is 79.9. The van der Waals surface area contributed by atoms with Gasteiger partial charge in [-0.05, 0) is 25.0 Å². The van der Waals surface area contributed by atoms with Crippen LogP contribution in [0, 0.1) is 0 Å². The second-order valence-electron chi connectivity index (χ2n) is 5.03. The molecule has 0 unspecified atom stereocenters. The summed E-state index contributed by atoms with van der Waals surface area (Å²) in [5, 5.41) is 3.68. The minimum absolute atomic E-state index is 0.681. The van der Waals surface area contributed by atoms with Crippen molar-refractivity contribution in [3.05, 3.63) is 28.2 Å². The number of hydrogen-bond acceptors (Lipinski definition) is 2. The number of hydrogen-bond donors (Lipinski definition) is 1. The molecule has 0 radical (unpaired) electrons. The van der Waals surface area contributed by atoms with Crippen LogP contribution in [0.2, 0.25) is 0 Å². The van der Waals surface area contributed by atoms with Crippen molar-refractivity contribution in [2.75, 3.05) is 7.11 Å². The third-order valence-corrected chi connectivity index (χ3v) is 4.18. The van der Waals surface area contributed by atoms with Gasteiger partial charge in [-0.1, -0.05) is 47.7 Å². The Morgan fingerprint density at radius 1 is 1.22 bits per heavy atom. The quantitative estimate of drug-likeness (QED) is 0.838. The molecule has 1 saturated carbocycles. The lowest BCUT2D eigenvalue weighted by Crippen LogP contribution is -2.28. The summed E-state index contributed by atoms with van der Waals surface area (Å²) >= 11 is 3.47. The van der Waals surface area contributed by atoms with Crippen molar-refractivity contribution < 1.29 is 4.74 Å². The first kappa shape index (κ1) is 13.9. The Morgan fingerprint density at radius 2 is 1.94 bits per heavy atom. The number of rotatable bonds is 4. The number of benzene rings is 1. The first-order valence-corrected chi connectivity index (χ1v) is 7.64. The van der Waals surface area contributed by atoms with E-state index < -0.39 is 0 Å². The number of methoxy groups -OCH3 is 1. The molecule has 0 spiro atoms. The standard InChI is InChI=1S/C15H22BrNO/c1-18-15-10-13(16)9-8-12(15)11-17-14-6-4-2-3-5-7-14/h8-10,14,17H,2-7,11H2,1H3. The topological polar surface area (TPSA) is 21.3 Å². The highest BCUT2D eigenvalue weighted by Crippen LogP contribution is 2.24. The maximum absolute atomic E-state index is 5.42. The Labute approximate surface area is 118 Å². The van der Waals surface area contributed by atoms with E-state index in [1.807, 2.05) is 6.07 Å². The van der Waals surface area contributed by atoms with Gasteiger partial charge >= 0.3 is 0 Å². The van der Waals surface area contributed by atoms with E-state index in [2.05, 4.69) is 33.4 Å². The molecule has 18 heavy (non-hydrogen) atoms. The van der Waals surface area contributed by atoms with E-state index >= 15 is 0 Å². The lowest BCUT2D eigenvalue weighted by Gasteiger charge is -2.17. The predicted octanol–water partition coefficient (Wildman–Crippen LogP) is 4.27. The van der Waals surface area contributed by atoms with Gasteiger partial charge in [0, 0.05) is 22.6 Å².